The number of hydrogen-bond acceptors (Lipinski definition) is 3. The molecule has 0 radical (unpaired) electrons. The number of benzene rings is 2. The molecule has 5 nitrogen and oxygen atoms in total. The van der Waals surface area contributed by atoms with Crippen LogP contribution in [-0.4, -0.2) is 32.6 Å². The first kappa shape index (κ1) is 18.1. The number of aryl methyl sites for hydroxylation is 1. The lowest BCUT2D eigenvalue weighted by molar-refractivity contribution is -0.132. The zero-order chi connectivity index (χ0) is 18.7. The van der Waals surface area contributed by atoms with Crippen LogP contribution in [0.5, 0.6) is 0 Å². The minimum Gasteiger partial charge on any atom is -0.337 e. The van der Waals surface area contributed by atoms with Gasteiger partial charge >= 0.3 is 0 Å². The van der Waals surface area contributed by atoms with Gasteiger partial charge in [0, 0.05) is 12.6 Å². The molecule has 2 aromatic carbocycles. The molecule has 0 aliphatic rings. The van der Waals surface area contributed by atoms with Crippen molar-refractivity contribution in [3.8, 4) is 11.4 Å². The summed E-state index contributed by atoms with van der Waals surface area (Å²) in [6.45, 7) is 4.19. The molecule has 0 bridgehead atoms. The number of H-pyrrole nitrogens is 1. The Morgan fingerprint density at radius 2 is 1.96 bits per heavy atom. The lowest BCUT2D eigenvalue weighted by Gasteiger charge is -2.25. The highest BCUT2D eigenvalue weighted by atomic mass is 32.1. The van der Waals surface area contributed by atoms with Crippen LogP contribution in [0.4, 0.5) is 0 Å². The number of aromatic amines is 1. The van der Waals surface area contributed by atoms with Gasteiger partial charge in [0.25, 0.3) is 0 Å². The van der Waals surface area contributed by atoms with Gasteiger partial charge in [0.2, 0.25) is 5.91 Å². The number of carbonyl (C=O) groups excluding carboxylic acids is 1. The molecule has 0 spiro atoms. The van der Waals surface area contributed by atoms with Crippen LogP contribution in [0, 0.1) is 11.7 Å². The second-order valence-electron chi connectivity index (χ2n) is 6.40. The highest BCUT2D eigenvalue weighted by Crippen LogP contribution is 2.21. The van der Waals surface area contributed by atoms with E-state index >= 15 is 0 Å². The largest absolute Gasteiger partial charge is 0.337 e. The van der Waals surface area contributed by atoms with Crippen LogP contribution in [0.2, 0.25) is 0 Å². The summed E-state index contributed by atoms with van der Waals surface area (Å²) < 4.78 is 2.19. The first-order chi connectivity index (χ1) is 12.5. The third-order valence-corrected chi connectivity index (χ3v) is 4.90. The Morgan fingerprint density at radius 3 is 2.65 bits per heavy atom. The summed E-state index contributed by atoms with van der Waals surface area (Å²) in [6, 6.07) is 17.9. The first-order valence-corrected chi connectivity index (χ1v) is 8.91. The average molecular weight is 366 g/mol. The number of hydrogen-bond donors (Lipinski definition) is 1. The molecule has 26 heavy (non-hydrogen) atoms. The number of rotatable bonds is 5. The van der Waals surface area contributed by atoms with E-state index in [1.54, 1.807) is 9.47 Å². The van der Waals surface area contributed by atoms with Gasteiger partial charge in [-0.05, 0) is 37.7 Å². The highest BCUT2D eigenvalue weighted by Gasteiger charge is 2.20. The predicted octanol–water partition coefficient (Wildman–Crippen LogP) is 4.14. The highest BCUT2D eigenvalue weighted by molar-refractivity contribution is 7.71. The molecule has 1 aromatic heterocycles. The molecule has 0 saturated heterocycles. The fourth-order valence-electron chi connectivity index (χ4n) is 2.89. The van der Waals surface area contributed by atoms with Crippen molar-refractivity contribution in [3.05, 3.63) is 70.5 Å². The molecule has 1 amide bonds. The molecule has 0 unspecified atom stereocenters. The van der Waals surface area contributed by atoms with Gasteiger partial charge in [0.1, 0.15) is 6.54 Å². The second-order valence-corrected chi connectivity index (χ2v) is 6.79. The van der Waals surface area contributed by atoms with E-state index in [9.17, 15) is 4.79 Å². The van der Waals surface area contributed by atoms with E-state index in [1.807, 2.05) is 75.5 Å². The van der Waals surface area contributed by atoms with Crippen LogP contribution in [-0.2, 0) is 11.3 Å². The number of nitrogens with one attached hydrogen (secondary N) is 1. The topological polar surface area (TPSA) is 53.9 Å². The van der Waals surface area contributed by atoms with Crippen LogP contribution < -0.4 is 0 Å². The maximum atomic E-state index is 12.8. The van der Waals surface area contributed by atoms with Crippen molar-refractivity contribution >= 4 is 18.1 Å². The van der Waals surface area contributed by atoms with Gasteiger partial charge in [-0.1, -0.05) is 54.1 Å². The lowest BCUT2D eigenvalue weighted by Crippen LogP contribution is -2.32. The summed E-state index contributed by atoms with van der Waals surface area (Å²) in [5.74, 6) is 0.653. The summed E-state index contributed by atoms with van der Waals surface area (Å²) in [6.07, 6.45) is 0. The van der Waals surface area contributed by atoms with Crippen molar-refractivity contribution in [1.82, 2.24) is 19.7 Å². The van der Waals surface area contributed by atoms with E-state index in [4.69, 9.17) is 12.2 Å². The van der Waals surface area contributed by atoms with E-state index in [-0.39, 0.29) is 18.5 Å². The molecule has 0 aliphatic carbocycles. The van der Waals surface area contributed by atoms with Crippen molar-refractivity contribution in [2.24, 2.45) is 0 Å². The molecular formula is C20H22N4OS. The number of nitrogens with zero attached hydrogens (tertiary/aromatic N) is 3. The SMILES string of the molecule is Cc1cccc(-c2n[nH]c(=S)n2CC(=O)N(C)[C@@H](C)c2ccccc2)c1. The molecule has 1 heterocycles. The summed E-state index contributed by atoms with van der Waals surface area (Å²) in [4.78, 5) is 14.6. The van der Waals surface area contributed by atoms with Crippen LogP contribution >= 0.6 is 12.2 Å². The van der Waals surface area contributed by atoms with Crippen molar-refractivity contribution in [3.63, 3.8) is 0 Å². The van der Waals surface area contributed by atoms with E-state index in [2.05, 4.69) is 10.2 Å². The fourth-order valence-corrected chi connectivity index (χ4v) is 3.08. The third-order valence-electron chi connectivity index (χ3n) is 4.58. The van der Waals surface area contributed by atoms with Gasteiger partial charge in [-0.15, -0.1) is 0 Å². The molecular weight excluding hydrogens is 344 g/mol. The third kappa shape index (κ3) is 3.75. The minimum absolute atomic E-state index is 0.0206. The lowest BCUT2D eigenvalue weighted by atomic mass is 10.1. The van der Waals surface area contributed by atoms with E-state index in [0.717, 1.165) is 16.7 Å². The summed E-state index contributed by atoms with van der Waals surface area (Å²) in [5, 5.41) is 7.12. The van der Waals surface area contributed by atoms with Crippen molar-refractivity contribution in [1.29, 1.82) is 0 Å². The maximum Gasteiger partial charge on any atom is 0.242 e. The Balaban J connectivity index is 1.84. The number of carbonyl (C=O) groups is 1. The molecule has 6 heteroatoms. The average Bonchev–Trinajstić information content (AvgIpc) is 3.01. The van der Waals surface area contributed by atoms with Gasteiger partial charge in [-0.25, -0.2) is 0 Å². The summed E-state index contributed by atoms with van der Waals surface area (Å²) in [5.41, 5.74) is 3.16. The van der Waals surface area contributed by atoms with E-state index in [1.165, 1.54) is 0 Å². The van der Waals surface area contributed by atoms with Gasteiger partial charge in [-0.2, -0.15) is 5.10 Å². The van der Waals surface area contributed by atoms with Crippen LogP contribution in [0.25, 0.3) is 11.4 Å². The Bertz CT molecular complexity index is 961. The van der Waals surface area contributed by atoms with Gasteiger partial charge in [0.15, 0.2) is 10.6 Å². The van der Waals surface area contributed by atoms with E-state index < -0.39 is 0 Å². The Kier molecular flexibility index (Phi) is 5.32. The summed E-state index contributed by atoms with van der Waals surface area (Å²) >= 11 is 5.34. The standard InChI is InChI=1S/C20H22N4OS/c1-14-8-7-11-17(12-14)19-21-22-20(26)24(19)13-18(25)23(3)15(2)16-9-5-4-6-10-16/h4-12,15H,13H2,1-3H3,(H,22,26)/t15-/m0/s1. The smallest absolute Gasteiger partial charge is 0.242 e. The maximum absolute atomic E-state index is 12.8. The first-order valence-electron chi connectivity index (χ1n) is 8.50. The van der Waals surface area contributed by atoms with Crippen LogP contribution in [0.1, 0.15) is 24.1 Å². The molecule has 3 aromatic rings. The minimum atomic E-state index is -0.0211. The molecule has 134 valence electrons. The van der Waals surface area contributed by atoms with Gasteiger partial charge in [0.05, 0.1) is 6.04 Å². The van der Waals surface area contributed by atoms with E-state index in [0.29, 0.717) is 10.6 Å². The Morgan fingerprint density at radius 1 is 1.23 bits per heavy atom. The normalized spacial score (nSPS) is 12.0. The van der Waals surface area contributed by atoms with Gasteiger partial charge < -0.3 is 4.90 Å². The molecule has 3 rings (SSSR count). The van der Waals surface area contributed by atoms with Crippen LogP contribution in [0.15, 0.2) is 54.6 Å². The number of aromatic nitrogens is 3. The zero-order valence-electron chi connectivity index (χ0n) is 15.1. The molecule has 1 N–H and O–H groups in total. The molecule has 0 fully saturated rings. The predicted molar refractivity (Wildman–Crippen MR) is 105 cm³/mol. The Hall–Kier alpha value is -2.73. The second kappa shape index (κ2) is 7.66. The quantitative estimate of drug-likeness (QED) is 0.691. The van der Waals surface area contributed by atoms with Crippen molar-refractivity contribution < 1.29 is 4.79 Å². The molecule has 0 saturated carbocycles. The van der Waals surface area contributed by atoms with Crippen molar-refractivity contribution in [2.75, 3.05) is 7.05 Å². The fraction of sp³-hybridized carbons (Fsp3) is 0.250. The summed E-state index contributed by atoms with van der Waals surface area (Å²) in [7, 11) is 1.82. The number of likely N-dealkylation sites (N-methyl/N-ethyl adjacent to an activating group) is 1. The van der Waals surface area contributed by atoms with Crippen molar-refractivity contribution in [2.45, 2.75) is 26.4 Å². The van der Waals surface area contributed by atoms with Gasteiger partial charge in [-0.3, -0.25) is 14.5 Å². The monoisotopic (exact) mass is 366 g/mol. The zero-order valence-corrected chi connectivity index (χ0v) is 16.0. The Labute approximate surface area is 158 Å². The van der Waals surface area contributed by atoms with Crippen LogP contribution in [0.3, 0.4) is 0 Å². The molecule has 0 aliphatic heterocycles. The molecule has 1 atom stereocenters. The number of amides is 1.